The number of allylic oxidation sites excluding steroid dienone is 1. The molecule has 1 N–H and O–H groups in total. The van der Waals surface area contributed by atoms with E-state index >= 15 is 0 Å². The van der Waals surface area contributed by atoms with Gasteiger partial charge in [0.05, 0.1) is 11.4 Å². The van der Waals surface area contributed by atoms with Crippen molar-refractivity contribution in [2.75, 3.05) is 5.32 Å². The van der Waals surface area contributed by atoms with Crippen LogP contribution in [0.2, 0.25) is 0 Å². The number of anilines is 1. The van der Waals surface area contributed by atoms with E-state index in [0.717, 1.165) is 6.92 Å². The Bertz CT molecular complexity index is 527. The molecule has 2 nitrogen and oxygen atoms in total. The van der Waals surface area contributed by atoms with Gasteiger partial charge >= 0.3 is 12.4 Å². The fourth-order valence-electron chi connectivity index (χ4n) is 1.15. The third-order valence-corrected chi connectivity index (χ3v) is 2.23. The number of nitrogens with zero attached hydrogens (tertiary/aromatic N) is 1. The standard InChI is InChI=1S/C12H10F6N2/c1-7(11(13,14)15)19-9-5-3-4-6-10(9)20-8(2)12(16,17)18/h3-6,19H,1H2,2H3. The highest BCUT2D eigenvalue weighted by molar-refractivity contribution is 5.91. The minimum Gasteiger partial charge on any atom is -0.350 e. The van der Waals surface area contributed by atoms with Crippen molar-refractivity contribution in [3.8, 4) is 0 Å². The Morgan fingerprint density at radius 2 is 1.60 bits per heavy atom. The first-order chi connectivity index (χ1) is 9.01. The zero-order valence-corrected chi connectivity index (χ0v) is 10.2. The van der Waals surface area contributed by atoms with Gasteiger partial charge in [0.25, 0.3) is 0 Å². The Hall–Kier alpha value is -1.99. The van der Waals surface area contributed by atoms with Crippen molar-refractivity contribution >= 4 is 17.1 Å². The van der Waals surface area contributed by atoms with Gasteiger partial charge in [-0.1, -0.05) is 18.7 Å². The Labute approximate surface area is 110 Å². The lowest BCUT2D eigenvalue weighted by Crippen LogP contribution is -2.19. The van der Waals surface area contributed by atoms with Crippen LogP contribution in [0, 0.1) is 0 Å². The number of hydrogen-bond acceptors (Lipinski definition) is 2. The molecule has 1 rings (SSSR count). The van der Waals surface area contributed by atoms with Gasteiger partial charge in [-0.05, 0) is 19.1 Å². The molecule has 110 valence electrons. The summed E-state index contributed by atoms with van der Waals surface area (Å²) < 4.78 is 74.1. The second-order valence-corrected chi connectivity index (χ2v) is 3.81. The highest BCUT2D eigenvalue weighted by Gasteiger charge is 2.33. The molecule has 0 atom stereocenters. The first kappa shape index (κ1) is 16.1. The summed E-state index contributed by atoms with van der Waals surface area (Å²) in [7, 11) is 0. The smallest absolute Gasteiger partial charge is 0.350 e. The number of benzene rings is 1. The predicted octanol–water partition coefficient (Wildman–Crippen LogP) is 4.83. The third-order valence-electron chi connectivity index (χ3n) is 2.23. The highest BCUT2D eigenvalue weighted by Crippen LogP contribution is 2.32. The second kappa shape index (κ2) is 5.56. The van der Waals surface area contributed by atoms with Gasteiger partial charge in [0.2, 0.25) is 0 Å². The van der Waals surface area contributed by atoms with Gasteiger partial charge in [0.15, 0.2) is 0 Å². The van der Waals surface area contributed by atoms with Crippen molar-refractivity contribution < 1.29 is 26.3 Å². The molecule has 0 aliphatic heterocycles. The van der Waals surface area contributed by atoms with Crippen LogP contribution in [-0.4, -0.2) is 18.1 Å². The van der Waals surface area contributed by atoms with Crippen LogP contribution >= 0.6 is 0 Å². The maximum absolute atomic E-state index is 12.4. The van der Waals surface area contributed by atoms with Gasteiger partial charge in [0, 0.05) is 0 Å². The Morgan fingerprint density at radius 3 is 2.10 bits per heavy atom. The number of alkyl halides is 6. The lowest BCUT2D eigenvalue weighted by atomic mass is 10.2. The van der Waals surface area contributed by atoms with E-state index in [1.54, 1.807) is 0 Å². The molecule has 0 heterocycles. The zero-order chi connectivity index (χ0) is 15.6. The quantitative estimate of drug-likeness (QED) is 0.627. The predicted molar refractivity (Wildman–Crippen MR) is 64.1 cm³/mol. The fraction of sp³-hybridized carbons (Fsp3) is 0.250. The average Bonchev–Trinajstić information content (AvgIpc) is 2.29. The Kier molecular flexibility index (Phi) is 4.46. The van der Waals surface area contributed by atoms with E-state index in [1.807, 2.05) is 5.32 Å². The van der Waals surface area contributed by atoms with Gasteiger partial charge in [-0.15, -0.1) is 0 Å². The molecular weight excluding hydrogens is 286 g/mol. The van der Waals surface area contributed by atoms with Crippen LogP contribution in [0.25, 0.3) is 0 Å². The molecule has 0 bridgehead atoms. The zero-order valence-electron chi connectivity index (χ0n) is 10.2. The van der Waals surface area contributed by atoms with Crippen LogP contribution in [0.5, 0.6) is 0 Å². The summed E-state index contributed by atoms with van der Waals surface area (Å²) in [6.45, 7) is 3.51. The van der Waals surface area contributed by atoms with Gasteiger partial charge in [-0.3, -0.25) is 0 Å². The van der Waals surface area contributed by atoms with E-state index < -0.39 is 23.8 Å². The SMILES string of the molecule is C=C(Nc1ccccc1N=C(C)C(F)(F)F)C(F)(F)F. The summed E-state index contributed by atoms with van der Waals surface area (Å²) in [6, 6.07) is 5.08. The van der Waals surface area contributed by atoms with E-state index in [-0.39, 0.29) is 11.4 Å². The largest absolute Gasteiger partial charge is 0.430 e. The van der Waals surface area contributed by atoms with Gasteiger partial charge in [-0.25, -0.2) is 4.99 Å². The summed E-state index contributed by atoms with van der Waals surface area (Å²) in [5.74, 6) is 0. The second-order valence-electron chi connectivity index (χ2n) is 3.81. The lowest BCUT2D eigenvalue weighted by Gasteiger charge is -2.14. The van der Waals surface area contributed by atoms with Crippen molar-refractivity contribution in [1.82, 2.24) is 0 Å². The molecule has 0 amide bonds. The molecule has 8 heteroatoms. The van der Waals surface area contributed by atoms with Gasteiger partial charge in [-0.2, -0.15) is 26.3 Å². The summed E-state index contributed by atoms with van der Waals surface area (Å²) in [5, 5.41) is 1.91. The van der Waals surface area contributed by atoms with Crippen molar-refractivity contribution in [2.45, 2.75) is 19.3 Å². The maximum Gasteiger partial charge on any atom is 0.430 e. The molecule has 0 aromatic heterocycles. The number of nitrogens with one attached hydrogen (secondary N) is 1. The summed E-state index contributed by atoms with van der Waals surface area (Å²) >= 11 is 0. The van der Waals surface area contributed by atoms with E-state index in [0.29, 0.717) is 0 Å². The normalized spacial score (nSPS) is 13.2. The number of rotatable bonds is 3. The average molecular weight is 296 g/mol. The van der Waals surface area contributed by atoms with Crippen molar-refractivity contribution in [2.24, 2.45) is 4.99 Å². The molecule has 0 unspecified atom stereocenters. The van der Waals surface area contributed by atoms with Crippen molar-refractivity contribution in [1.29, 1.82) is 0 Å². The van der Waals surface area contributed by atoms with Crippen LogP contribution in [0.1, 0.15) is 6.92 Å². The van der Waals surface area contributed by atoms with E-state index in [4.69, 9.17) is 0 Å². The van der Waals surface area contributed by atoms with Crippen molar-refractivity contribution in [3.05, 3.63) is 36.5 Å². The minimum absolute atomic E-state index is 0.210. The number of hydrogen-bond donors (Lipinski definition) is 1. The van der Waals surface area contributed by atoms with Crippen LogP contribution < -0.4 is 5.32 Å². The fourth-order valence-corrected chi connectivity index (χ4v) is 1.15. The first-order valence-electron chi connectivity index (χ1n) is 5.26. The maximum atomic E-state index is 12.4. The molecule has 1 aromatic carbocycles. The number of para-hydroxylation sites is 2. The molecule has 0 saturated heterocycles. The summed E-state index contributed by atoms with van der Waals surface area (Å²) in [6.07, 6.45) is -9.34. The highest BCUT2D eigenvalue weighted by atomic mass is 19.4. The lowest BCUT2D eigenvalue weighted by molar-refractivity contribution is -0.0898. The molecule has 0 radical (unpaired) electrons. The molecular formula is C12H10F6N2. The van der Waals surface area contributed by atoms with Crippen LogP contribution in [-0.2, 0) is 0 Å². The summed E-state index contributed by atoms with van der Waals surface area (Å²) in [5.41, 5.74) is -2.92. The van der Waals surface area contributed by atoms with Crippen LogP contribution in [0.4, 0.5) is 37.7 Å². The molecule has 1 aromatic rings. The number of halogens is 6. The molecule has 0 aliphatic carbocycles. The molecule has 0 aliphatic rings. The molecule has 20 heavy (non-hydrogen) atoms. The van der Waals surface area contributed by atoms with Gasteiger partial charge < -0.3 is 5.32 Å². The Balaban J connectivity index is 3.10. The Morgan fingerprint density at radius 1 is 1.05 bits per heavy atom. The monoisotopic (exact) mass is 296 g/mol. The first-order valence-corrected chi connectivity index (χ1v) is 5.26. The number of aliphatic imine (C=N–C) groups is 1. The van der Waals surface area contributed by atoms with Crippen LogP contribution in [0.3, 0.4) is 0 Å². The van der Waals surface area contributed by atoms with E-state index in [2.05, 4.69) is 11.6 Å². The third kappa shape index (κ3) is 4.29. The topological polar surface area (TPSA) is 24.4 Å². The molecule has 0 saturated carbocycles. The van der Waals surface area contributed by atoms with Gasteiger partial charge in [0.1, 0.15) is 11.4 Å². The van der Waals surface area contributed by atoms with Crippen LogP contribution in [0.15, 0.2) is 41.5 Å². The van der Waals surface area contributed by atoms with E-state index in [9.17, 15) is 26.3 Å². The van der Waals surface area contributed by atoms with E-state index in [1.165, 1.54) is 24.3 Å². The summed E-state index contributed by atoms with van der Waals surface area (Å²) in [4.78, 5) is 3.29. The van der Waals surface area contributed by atoms with Crippen molar-refractivity contribution in [3.63, 3.8) is 0 Å². The molecule has 0 spiro atoms. The minimum atomic E-state index is -4.70. The molecule has 0 fully saturated rings.